The van der Waals surface area contributed by atoms with Crippen molar-refractivity contribution in [2.75, 3.05) is 6.54 Å². The first-order chi connectivity index (χ1) is 18.8. The number of Topliss-reactive ketones (excluding diaryl/α,β-unsaturated/α-hetero) is 1. The molecule has 0 saturated heterocycles. The standard InChI is InChI=1S/C33H42N2O4/c1-4-34-31(38)39-35-21-24-9-7-23(8-10-24)6-5-17-33-19-16-29-27(30(33)14-13-28(33)22(2)36)12-11-25-20-26(37)15-18-32(25,29)3/h7-12,20-21,27-30H,4-6,13-19H2,1-3H3,(H,34,38)/t27-,28-,29-,30+,32-,33-/m1/s1. The zero-order valence-electron chi connectivity index (χ0n) is 23.6. The molecule has 2 fully saturated rings. The van der Waals surface area contributed by atoms with E-state index >= 15 is 0 Å². The summed E-state index contributed by atoms with van der Waals surface area (Å²) in [6.07, 6.45) is 16.7. The van der Waals surface area contributed by atoms with Crippen molar-refractivity contribution in [3.05, 3.63) is 59.2 Å². The van der Waals surface area contributed by atoms with E-state index in [2.05, 4.69) is 41.7 Å². The number of carbonyl (C=O) groups is 3. The van der Waals surface area contributed by atoms with E-state index in [0.29, 0.717) is 36.5 Å². The zero-order chi connectivity index (χ0) is 27.6. The average molecular weight is 531 g/mol. The molecule has 2 saturated carbocycles. The SMILES string of the molecule is CCNC(=O)ON=Cc1ccc(CCC[C@]23CC[C@@H]4[C@@H](C=CC5=CC(=O)CC[C@]54C)[C@@H]2CC[C@@H]3C(C)=O)cc1. The molecule has 0 unspecified atom stereocenters. The summed E-state index contributed by atoms with van der Waals surface area (Å²) in [6, 6.07) is 8.21. The summed E-state index contributed by atoms with van der Waals surface area (Å²) < 4.78 is 0. The number of aryl methyl sites for hydroxylation is 1. The van der Waals surface area contributed by atoms with Crippen LogP contribution in [0.25, 0.3) is 0 Å². The molecule has 5 rings (SSSR count). The summed E-state index contributed by atoms with van der Waals surface area (Å²) in [7, 11) is 0. The van der Waals surface area contributed by atoms with E-state index < -0.39 is 6.09 Å². The molecule has 4 aliphatic rings. The highest BCUT2D eigenvalue weighted by molar-refractivity contribution is 5.92. The molecule has 4 aliphatic carbocycles. The molecule has 0 heterocycles. The lowest BCUT2D eigenvalue weighted by Crippen LogP contribution is -2.50. The molecule has 1 aromatic rings. The summed E-state index contributed by atoms with van der Waals surface area (Å²) in [5, 5.41) is 6.28. The molecule has 0 radical (unpaired) electrons. The van der Waals surface area contributed by atoms with Gasteiger partial charge in [-0.1, -0.05) is 48.5 Å². The van der Waals surface area contributed by atoms with E-state index in [9.17, 15) is 14.4 Å². The van der Waals surface area contributed by atoms with Crippen LogP contribution >= 0.6 is 0 Å². The van der Waals surface area contributed by atoms with Gasteiger partial charge < -0.3 is 5.32 Å². The highest BCUT2D eigenvalue weighted by atomic mass is 16.7. The maximum Gasteiger partial charge on any atom is 0.433 e. The van der Waals surface area contributed by atoms with E-state index in [4.69, 9.17) is 4.84 Å². The molecule has 6 atom stereocenters. The Labute approximate surface area is 232 Å². The van der Waals surface area contributed by atoms with Crippen molar-refractivity contribution in [2.45, 2.75) is 78.6 Å². The number of nitrogens with one attached hydrogen (secondary N) is 1. The lowest BCUT2D eigenvalue weighted by Gasteiger charge is -2.57. The minimum absolute atomic E-state index is 0.0857. The van der Waals surface area contributed by atoms with Crippen molar-refractivity contribution in [1.29, 1.82) is 0 Å². The lowest BCUT2D eigenvalue weighted by molar-refractivity contribution is -0.128. The van der Waals surface area contributed by atoms with E-state index in [0.717, 1.165) is 56.9 Å². The Balaban J connectivity index is 1.27. The van der Waals surface area contributed by atoms with Crippen LogP contribution in [0.4, 0.5) is 4.79 Å². The zero-order valence-corrected chi connectivity index (χ0v) is 23.6. The number of oxime groups is 1. The third-order valence-corrected chi connectivity index (χ3v) is 10.5. The number of nitrogens with zero attached hydrogens (tertiary/aromatic N) is 1. The molecule has 0 bridgehead atoms. The minimum Gasteiger partial charge on any atom is -0.320 e. The second kappa shape index (κ2) is 11.2. The molecule has 1 amide bonds. The highest BCUT2D eigenvalue weighted by Gasteiger charge is 2.60. The van der Waals surface area contributed by atoms with Crippen LogP contribution in [-0.4, -0.2) is 30.4 Å². The first kappa shape index (κ1) is 27.5. The molecule has 208 valence electrons. The molecule has 6 heteroatoms. The Morgan fingerprint density at radius 3 is 2.67 bits per heavy atom. The smallest absolute Gasteiger partial charge is 0.320 e. The van der Waals surface area contributed by atoms with Gasteiger partial charge in [0.2, 0.25) is 0 Å². The largest absolute Gasteiger partial charge is 0.433 e. The number of amides is 1. The number of benzene rings is 1. The van der Waals surface area contributed by atoms with E-state index in [-0.39, 0.29) is 22.5 Å². The number of hydrogen-bond donors (Lipinski definition) is 1. The fraction of sp³-hybridized carbons (Fsp3) is 0.576. The first-order valence-electron chi connectivity index (χ1n) is 14.8. The molecule has 0 aromatic heterocycles. The first-order valence-corrected chi connectivity index (χ1v) is 14.8. The molecule has 39 heavy (non-hydrogen) atoms. The summed E-state index contributed by atoms with van der Waals surface area (Å²) in [5.41, 5.74) is 3.55. The van der Waals surface area contributed by atoms with Gasteiger partial charge in [-0.05, 0) is 117 Å². The van der Waals surface area contributed by atoms with Gasteiger partial charge in [0, 0.05) is 18.9 Å². The van der Waals surface area contributed by atoms with Gasteiger partial charge in [0.15, 0.2) is 5.78 Å². The summed E-state index contributed by atoms with van der Waals surface area (Å²) in [4.78, 5) is 41.2. The minimum atomic E-state index is -0.559. The van der Waals surface area contributed by atoms with Gasteiger partial charge in [0.25, 0.3) is 0 Å². The van der Waals surface area contributed by atoms with Gasteiger partial charge in [0.05, 0.1) is 6.21 Å². The van der Waals surface area contributed by atoms with Crippen molar-refractivity contribution >= 4 is 23.9 Å². The maximum absolute atomic E-state index is 12.9. The maximum atomic E-state index is 12.9. The third kappa shape index (κ3) is 5.27. The van der Waals surface area contributed by atoms with Crippen molar-refractivity contribution in [2.24, 2.45) is 39.7 Å². The molecule has 1 aromatic carbocycles. The number of rotatable bonds is 8. The number of carbonyl (C=O) groups excluding carboxylic acids is 3. The molecule has 1 N–H and O–H groups in total. The van der Waals surface area contributed by atoms with Crippen LogP contribution < -0.4 is 5.32 Å². The van der Waals surface area contributed by atoms with Crippen LogP contribution in [0, 0.1) is 34.5 Å². The topological polar surface area (TPSA) is 84.8 Å². The van der Waals surface area contributed by atoms with Crippen molar-refractivity contribution < 1.29 is 19.2 Å². The normalized spacial score (nSPS) is 33.2. The Morgan fingerprint density at radius 2 is 1.92 bits per heavy atom. The van der Waals surface area contributed by atoms with Crippen LogP contribution in [0.2, 0.25) is 0 Å². The van der Waals surface area contributed by atoms with Crippen LogP contribution in [0.3, 0.4) is 0 Å². The van der Waals surface area contributed by atoms with Crippen molar-refractivity contribution in [1.82, 2.24) is 5.32 Å². The quantitative estimate of drug-likeness (QED) is 0.234. The Morgan fingerprint density at radius 1 is 1.13 bits per heavy atom. The predicted octanol–water partition coefficient (Wildman–Crippen LogP) is 6.58. The second-order valence-electron chi connectivity index (χ2n) is 12.4. The van der Waals surface area contributed by atoms with Gasteiger partial charge in [-0.3, -0.25) is 14.4 Å². The summed E-state index contributed by atoms with van der Waals surface area (Å²) in [5.74, 6) is 2.40. The Kier molecular flexibility index (Phi) is 7.93. The molecule has 0 spiro atoms. The molecular formula is C33H42N2O4. The third-order valence-electron chi connectivity index (χ3n) is 10.5. The van der Waals surface area contributed by atoms with E-state index in [1.54, 1.807) is 0 Å². The van der Waals surface area contributed by atoms with Crippen LogP contribution in [-0.2, 0) is 20.8 Å². The summed E-state index contributed by atoms with van der Waals surface area (Å²) in [6.45, 7) is 6.51. The fourth-order valence-corrected chi connectivity index (χ4v) is 8.61. The Hall–Kier alpha value is -3.02. The fourth-order valence-electron chi connectivity index (χ4n) is 8.61. The molecule has 6 nitrogen and oxygen atoms in total. The number of allylic oxidation sites excluding steroid dienone is 4. The highest BCUT2D eigenvalue weighted by Crippen LogP contribution is 2.66. The van der Waals surface area contributed by atoms with Crippen LogP contribution in [0.1, 0.15) is 83.3 Å². The van der Waals surface area contributed by atoms with E-state index in [1.165, 1.54) is 17.4 Å². The number of hydrogen-bond acceptors (Lipinski definition) is 5. The van der Waals surface area contributed by atoms with Crippen LogP contribution in [0.15, 0.2) is 53.2 Å². The number of ketones is 2. The van der Waals surface area contributed by atoms with Gasteiger partial charge in [-0.2, -0.15) is 0 Å². The van der Waals surface area contributed by atoms with Gasteiger partial charge in [-0.15, -0.1) is 0 Å². The van der Waals surface area contributed by atoms with Crippen molar-refractivity contribution in [3.63, 3.8) is 0 Å². The summed E-state index contributed by atoms with van der Waals surface area (Å²) >= 11 is 0. The Bertz CT molecular complexity index is 1200. The number of fused-ring (bicyclic) bond motifs is 5. The average Bonchev–Trinajstić information content (AvgIpc) is 3.30. The molecular weight excluding hydrogens is 488 g/mol. The monoisotopic (exact) mass is 530 g/mol. The molecule has 0 aliphatic heterocycles. The van der Waals surface area contributed by atoms with Crippen molar-refractivity contribution in [3.8, 4) is 0 Å². The van der Waals surface area contributed by atoms with E-state index in [1.807, 2.05) is 32.1 Å². The van der Waals surface area contributed by atoms with Crippen LogP contribution in [0.5, 0.6) is 0 Å². The predicted molar refractivity (Wildman–Crippen MR) is 152 cm³/mol. The van der Waals surface area contributed by atoms with Gasteiger partial charge in [0.1, 0.15) is 5.78 Å². The van der Waals surface area contributed by atoms with Gasteiger partial charge in [-0.25, -0.2) is 4.79 Å². The van der Waals surface area contributed by atoms with Gasteiger partial charge >= 0.3 is 6.09 Å². The lowest BCUT2D eigenvalue weighted by atomic mass is 9.47. The second-order valence-corrected chi connectivity index (χ2v) is 12.4.